The molecule has 0 spiro atoms. The molecule has 0 aliphatic heterocycles. The molecule has 3 rings (SSSR count). The van der Waals surface area contributed by atoms with Crippen LogP contribution in [0.3, 0.4) is 0 Å². The summed E-state index contributed by atoms with van der Waals surface area (Å²) < 4.78 is 1.13. The molecule has 3 aromatic rings. The third-order valence-electron chi connectivity index (χ3n) is 3.12. The van der Waals surface area contributed by atoms with Crippen LogP contribution in [-0.4, -0.2) is 9.97 Å². The van der Waals surface area contributed by atoms with E-state index in [0.29, 0.717) is 4.99 Å². The lowest BCUT2D eigenvalue weighted by atomic mass is 10.1. The third kappa shape index (κ3) is 2.98. The van der Waals surface area contributed by atoms with Gasteiger partial charge in [0, 0.05) is 14.5 Å². The number of thiocarbonyl (C=S) groups is 1. The first-order chi connectivity index (χ1) is 10.1. The molecular weight excluding hydrogens is 393 g/mol. The van der Waals surface area contributed by atoms with Crippen molar-refractivity contribution < 1.29 is 0 Å². The first-order valence-corrected chi connectivity index (χ1v) is 7.85. The SMILES string of the molecule is NC(=S)c1cc(Nc2ccccc2I)nc2ccccc12. The van der Waals surface area contributed by atoms with Crippen LogP contribution < -0.4 is 11.1 Å². The lowest BCUT2D eigenvalue weighted by molar-refractivity contribution is 1.36. The summed E-state index contributed by atoms with van der Waals surface area (Å²) >= 11 is 7.45. The number of rotatable bonds is 3. The Morgan fingerprint density at radius 1 is 1.10 bits per heavy atom. The number of nitrogens with zero attached hydrogens (tertiary/aromatic N) is 1. The van der Waals surface area contributed by atoms with Gasteiger partial charge in [0.15, 0.2) is 0 Å². The Kier molecular flexibility index (Phi) is 4.03. The smallest absolute Gasteiger partial charge is 0.131 e. The highest BCUT2D eigenvalue weighted by atomic mass is 127. The molecule has 1 aromatic heterocycles. The van der Waals surface area contributed by atoms with E-state index in [1.807, 2.05) is 54.6 Å². The molecule has 3 nitrogen and oxygen atoms in total. The Hall–Kier alpha value is -1.73. The third-order valence-corrected chi connectivity index (χ3v) is 4.28. The molecule has 0 aliphatic carbocycles. The van der Waals surface area contributed by atoms with Gasteiger partial charge in [-0.1, -0.05) is 42.5 Å². The summed E-state index contributed by atoms with van der Waals surface area (Å²) in [5, 5.41) is 4.30. The number of para-hydroxylation sites is 2. The van der Waals surface area contributed by atoms with Crippen molar-refractivity contribution in [2.45, 2.75) is 0 Å². The second kappa shape index (κ2) is 5.95. The molecule has 0 unspecified atom stereocenters. The number of aromatic nitrogens is 1. The minimum Gasteiger partial charge on any atom is -0.389 e. The van der Waals surface area contributed by atoms with E-state index in [1.54, 1.807) is 0 Å². The molecule has 0 fully saturated rings. The summed E-state index contributed by atoms with van der Waals surface area (Å²) in [6.45, 7) is 0. The minimum atomic E-state index is 0.374. The molecule has 0 bridgehead atoms. The van der Waals surface area contributed by atoms with Crippen molar-refractivity contribution in [2.24, 2.45) is 5.73 Å². The molecule has 1 heterocycles. The van der Waals surface area contributed by atoms with Gasteiger partial charge >= 0.3 is 0 Å². The first-order valence-electron chi connectivity index (χ1n) is 6.36. The van der Waals surface area contributed by atoms with Crippen molar-refractivity contribution in [3.63, 3.8) is 0 Å². The van der Waals surface area contributed by atoms with Gasteiger partial charge in [-0.15, -0.1) is 0 Å². The van der Waals surface area contributed by atoms with Crippen molar-refractivity contribution in [2.75, 3.05) is 5.32 Å². The highest BCUT2D eigenvalue weighted by Crippen LogP contribution is 2.25. The Bertz CT molecular complexity index is 833. The van der Waals surface area contributed by atoms with Gasteiger partial charge in [0.25, 0.3) is 0 Å². The van der Waals surface area contributed by atoms with Gasteiger partial charge in [-0.25, -0.2) is 4.98 Å². The van der Waals surface area contributed by atoms with Crippen molar-refractivity contribution in [1.82, 2.24) is 4.98 Å². The van der Waals surface area contributed by atoms with E-state index in [9.17, 15) is 0 Å². The summed E-state index contributed by atoms with van der Waals surface area (Å²) in [4.78, 5) is 5.00. The fraction of sp³-hybridized carbons (Fsp3) is 0. The highest BCUT2D eigenvalue weighted by molar-refractivity contribution is 14.1. The van der Waals surface area contributed by atoms with E-state index < -0.39 is 0 Å². The van der Waals surface area contributed by atoms with E-state index in [1.165, 1.54) is 0 Å². The Balaban J connectivity index is 2.11. The molecule has 21 heavy (non-hydrogen) atoms. The van der Waals surface area contributed by atoms with Crippen LogP contribution in [0.1, 0.15) is 5.56 Å². The zero-order valence-corrected chi connectivity index (χ0v) is 14.0. The number of pyridine rings is 1. The van der Waals surface area contributed by atoms with E-state index in [4.69, 9.17) is 18.0 Å². The van der Waals surface area contributed by atoms with Crippen molar-refractivity contribution in [3.05, 3.63) is 63.7 Å². The van der Waals surface area contributed by atoms with Gasteiger partial charge in [0.1, 0.15) is 10.8 Å². The van der Waals surface area contributed by atoms with Gasteiger partial charge in [-0.3, -0.25) is 0 Å². The number of fused-ring (bicyclic) bond motifs is 1. The van der Waals surface area contributed by atoms with Gasteiger partial charge in [0.2, 0.25) is 0 Å². The second-order valence-corrected chi connectivity index (χ2v) is 6.14. The van der Waals surface area contributed by atoms with Crippen LogP contribution >= 0.6 is 34.8 Å². The topological polar surface area (TPSA) is 50.9 Å². The average molecular weight is 405 g/mol. The van der Waals surface area contributed by atoms with Crippen LogP contribution in [0, 0.1) is 3.57 Å². The predicted octanol–water partition coefficient (Wildman–Crippen LogP) is 4.22. The number of nitrogens with two attached hydrogens (primary N) is 1. The standard InChI is InChI=1S/C16H12IN3S/c17-12-6-2-4-8-14(12)20-15-9-11(16(18)21)10-5-1-3-7-13(10)19-15/h1-9H,(H2,18,21)(H,19,20). The Labute approximate surface area is 141 Å². The summed E-state index contributed by atoms with van der Waals surface area (Å²) in [6, 6.07) is 17.8. The zero-order valence-electron chi connectivity index (χ0n) is 11.0. The molecule has 3 N–H and O–H groups in total. The molecular formula is C16H12IN3S. The molecule has 104 valence electrons. The number of hydrogen-bond acceptors (Lipinski definition) is 3. The molecule has 5 heteroatoms. The zero-order chi connectivity index (χ0) is 14.8. The summed E-state index contributed by atoms with van der Waals surface area (Å²) in [5.74, 6) is 0.737. The maximum absolute atomic E-state index is 5.85. The summed E-state index contributed by atoms with van der Waals surface area (Å²) in [5.41, 5.74) is 8.56. The molecule has 0 saturated heterocycles. The minimum absolute atomic E-state index is 0.374. The number of benzene rings is 2. The molecule has 0 atom stereocenters. The van der Waals surface area contributed by atoms with Gasteiger partial charge in [-0.2, -0.15) is 0 Å². The fourth-order valence-corrected chi connectivity index (χ4v) is 2.83. The summed E-state index contributed by atoms with van der Waals surface area (Å²) in [7, 11) is 0. The second-order valence-electron chi connectivity index (χ2n) is 4.54. The van der Waals surface area contributed by atoms with Gasteiger partial charge < -0.3 is 11.1 Å². The van der Waals surface area contributed by atoms with Gasteiger partial charge in [-0.05, 0) is 46.9 Å². The maximum atomic E-state index is 5.85. The predicted molar refractivity (Wildman–Crippen MR) is 100 cm³/mol. The van der Waals surface area contributed by atoms with Gasteiger partial charge in [0.05, 0.1) is 11.2 Å². The average Bonchev–Trinajstić information content (AvgIpc) is 2.48. The molecule has 2 aromatic carbocycles. The lowest BCUT2D eigenvalue weighted by Crippen LogP contribution is -2.11. The van der Waals surface area contributed by atoms with E-state index in [2.05, 4.69) is 32.9 Å². The van der Waals surface area contributed by atoms with Crippen molar-refractivity contribution in [3.8, 4) is 0 Å². The number of hydrogen-bond donors (Lipinski definition) is 2. The quantitative estimate of drug-likeness (QED) is 0.506. The normalized spacial score (nSPS) is 10.5. The van der Waals surface area contributed by atoms with Crippen molar-refractivity contribution in [1.29, 1.82) is 0 Å². The summed E-state index contributed by atoms with van der Waals surface area (Å²) in [6.07, 6.45) is 0. The van der Waals surface area contributed by atoms with E-state index in [0.717, 1.165) is 31.5 Å². The first kappa shape index (κ1) is 14.2. The number of halogens is 1. The van der Waals surface area contributed by atoms with Crippen LogP contribution in [0.4, 0.5) is 11.5 Å². The maximum Gasteiger partial charge on any atom is 0.131 e. The van der Waals surface area contributed by atoms with Crippen molar-refractivity contribution >= 4 is 62.2 Å². The fourth-order valence-electron chi connectivity index (χ4n) is 2.14. The number of nitrogens with one attached hydrogen (secondary N) is 1. The molecule has 0 radical (unpaired) electrons. The Morgan fingerprint density at radius 3 is 2.57 bits per heavy atom. The van der Waals surface area contributed by atoms with Crippen LogP contribution in [0.5, 0.6) is 0 Å². The van der Waals surface area contributed by atoms with Crippen LogP contribution in [-0.2, 0) is 0 Å². The monoisotopic (exact) mass is 405 g/mol. The highest BCUT2D eigenvalue weighted by Gasteiger charge is 2.08. The Morgan fingerprint density at radius 2 is 1.81 bits per heavy atom. The van der Waals surface area contributed by atoms with Crippen LogP contribution in [0.15, 0.2) is 54.6 Å². The molecule has 0 saturated carbocycles. The largest absolute Gasteiger partial charge is 0.389 e. The van der Waals surface area contributed by atoms with Crippen LogP contribution in [0.25, 0.3) is 10.9 Å². The number of anilines is 2. The molecule has 0 aliphatic rings. The molecule has 0 amide bonds. The van der Waals surface area contributed by atoms with Crippen LogP contribution in [0.2, 0.25) is 0 Å². The van der Waals surface area contributed by atoms with E-state index in [-0.39, 0.29) is 0 Å². The van der Waals surface area contributed by atoms with E-state index >= 15 is 0 Å². The lowest BCUT2D eigenvalue weighted by Gasteiger charge is -2.11.